The number of carbonyl (C=O) groups is 1. The number of nitrogens with zero attached hydrogens (tertiary/aromatic N) is 2. The molecule has 5 unspecified atom stereocenters. The molecule has 2 aliphatic rings. The van der Waals surface area contributed by atoms with E-state index in [0.717, 1.165) is 49.0 Å². The highest BCUT2D eigenvalue weighted by Gasteiger charge is 2.46. The fraction of sp³-hybridized carbons (Fsp3) is 0.550. The molecule has 5 rings (SSSR count). The fourth-order valence-electron chi connectivity index (χ4n) is 6.63. The number of aliphatic hydroxyl groups excluding tert-OH is 5. The van der Waals surface area contributed by atoms with Gasteiger partial charge in [-0.3, -0.25) is 9.78 Å². The summed E-state index contributed by atoms with van der Waals surface area (Å²) in [6.45, 7) is 5.23. The first kappa shape index (κ1) is 38.8. The smallest absolute Gasteiger partial charge is 0.254 e. The number of aliphatic hydroxyl groups is 5. The number of carbonyl (C=O) groups excluding carboxylic acids is 1. The Morgan fingerprint density at radius 2 is 1.76 bits per heavy atom. The van der Waals surface area contributed by atoms with Gasteiger partial charge in [-0.05, 0) is 97.7 Å². The van der Waals surface area contributed by atoms with Crippen LogP contribution in [0.1, 0.15) is 80.0 Å². The van der Waals surface area contributed by atoms with Crippen molar-refractivity contribution in [2.24, 2.45) is 0 Å². The Bertz CT molecular complexity index is 1580. The third-order valence-electron chi connectivity index (χ3n) is 10.3. The molecule has 6 N–H and O–H groups in total. The number of methoxy groups -OCH3 is 1. The van der Waals surface area contributed by atoms with Gasteiger partial charge in [0.15, 0.2) is 6.10 Å². The predicted octanol–water partition coefficient (Wildman–Crippen LogP) is 3.56. The van der Waals surface area contributed by atoms with Crippen molar-refractivity contribution in [3.63, 3.8) is 0 Å². The van der Waals surface area contributed by atoms with E-state index in [2.05, 4.69) is 66.6 Å². The Kier molecular flexibility index (Phi) is 13.6. The van der Waals surface area contributed by atoms with Crippen molar-refractivity contribution in [3.05, 3.63) is 83.2 Å². The molecule has 2 aliphatic carbocycles. The lowest BCUT2D eigenvalue weighted by Crippen LogP contribution is -2.53. The van der Waals surface area contributed by atoms with Gasteiger partial charge in [-0.1, -0.05) is 43.3 Å². The number of benzene rings is 2. The first-order valence-electron chi connectivity index (χ1n) is 18.2. The molecule has 0 spiro atoms. The lowest BCUT2D eigenvalue weighted by atomic mass is 9.92. The Hall–Kier alpha value is -3.42. The number of ether oxygens (including phenoxy) is 2. The summed E-state index contributed by atoms with van der Waals surface area (Å²) < 4.78 is 11.4. The van der Waals surface area contributed by atoms with Gasteiger partial charge in [0, 0.05) is 56.8 Å². The van der Waals surface area contributed by atoms with Crippen LogP contribution in [0, 0.1) is 6.92 Å². The van der Waals surface area contributed by atoms with Gasteiger partial charge in [-0.25, -0.2) is 0 Å². The molecule has 2 fully saturated rings. The minimum absolute atomic E-state index is 0.159. The molecule has 2 saturated carbocycles. The van der Waals surface area contributed by atoms with E-state index in [1.807, 2.05) is 18.5 Å². The zero-order valence-electron chi connectivity index (χ0n) is 30.1. The van der Waals surface area contributed by atoms with Crippen LogP contribution in [0.3, 0.4) is 0 Å². The number of hydrogen-bond acceptors (Lipinski definition) is 10. The van der Waals surface area contributed by atoms with Crippen LogP contribution in [-0.4, -0.2) is 105 Å². The molecule has 5 atom stereocenters. The summed E-state index contributed by atoms with van der Waals surface area (Å²) in [6, 6.07) is 17.0. The summed E-state index contributed by atoms with van der Waals surface area (Å²) in [4.78, 5) is 19.1. The number of rotatable bonds is 21. The highest BCUT2D eigenvalue weighted by Crippen LogP contribution is 2.50. The largest absolute Gasteiger partial charge is 0.490 e. The molecule has 2 aromatic carbocycles. The number of aromatic nitrogens is 1. The molecule has 3 aromatic rings. The molecular weight excluding hydrogens is 650 g/mol. The van der Waals surface area contributed by atoms with Crippen LogP contribution >= 0.6 is 0 Å². The van der Waals surface area contributed by atoms with Gasteiger partial charge in [0.05, 0.1) is 12.7 Å². The highest BCUT2D eigenvalue weighted by atomic mass is 16.5. The normalized spacial score (nSPS) is 18.0. The number of aryl methyl sites for hydroxylation is 1. The first-order chi connectivity index (χ1) is 24.6. The number of nitrogens with one attached hydrogen (secondary N) is 1. The van der Waals surface area contributed by atoms with E-state index < -0.39 is 36.9 Å². The molecule has 0 aliphatic heterocycles. The minimum Gasteiger partial charge on any atom is -0.490 e. The Morgan fingerprint density at radius 3 is 2.47 bits per heavy atom. The fourth-order valence-corrected chi connectivity index (χ4v) is 6.63. The molecule has 0 bridgehead atoms. The molecule has 11 heteroatoms. The maximum absolute atomic E-state index is 13.1. The van der Waals surface area contributed by atoms with Crippen molar-refractivity contribution in [1.82, 2.24) is 15.2 Å². The molecule has 1 aromatic heterocycles. The number of hydrogen-bond donors (Lipinski definition) is 6. The van der Waals surface area contributed by atoms with Crippen LogP contribution in [-0.2, 0) is 21.6 Å². The lowest BCUT2D eigenvalue weighted by molar-refractivity contribution is -0.158. The quantitative estimate of drug-likeness (QED) is 0.0904. The van der Waals surface area contributed by atoms with E-state index in [0.29, 0.717) is 45.2 Å². The van der Waals surface area contributed by atoms with E-state index in [9.17, 15) is 25.2 Å². The van der Waals surface area contributed by atoms with Gasteiger partial charge in [0.1, 0.15) is 24.1 Å². The zero-order valence-corrected chi connectivity index (χ0v) is 30.1. The van der Waals surface area contributed by atoms with Crippen LogP contribution in [0.2, 0.25) is 0 Å². The maximum atomic E-state index is 13.1. The molecule has 0 saturated heterocycles. The van der Waals surface area contributed by atoms with E-state index in [-0.39, 0.29) is 11.5 Å². The van der Waals surface area contributed by atoms with E-state index >= 15 is 0 Å². The van der Waals surface area contributed by atoms with Gasteiger partial charge in [0.25, 0.3) is 5.91 Å². The van der Waals surface area contributed by atoms with Gasteiger partial charge in [-0.15, -0.1) is 0 Å². The van der Waals surface area contributed by atoms with Gasteiger partial charge < -0.3 is 45.2 Å². The monoisotopic (exact) mass is 705 g/mol. The summed E-state index contributed by atoms with van der Waals surface area (Å²) in [7, 11) is 1.57. The van der Waals surface area contributed by atoms with Crippen LogP contribution in [0.5, 0.6) is 5.75 Å². The Morgan fingerprint density at radius 1 is 1.02 bits per heavy atom. The summed E-state index contributed by atoms with van der Waals surface area (Å²) in [5, 5.41) is 53.5. The molecule has 11 nitrogen and oxygen atoms in total. The van der Waals surface area contributed by atoms with Crippen LogP contribution in [0.25, 0.3) is 11.1 Å². The summed E-state index contributed by atoms with van der Waals surface area (Å²) >= 11 is 0. The SMILES string of the molecule is COCCCN(CCCC(C)c1ccc(C)c(CNC2(c3cnccc3-c3ccccc3OC3CC3)CC2)c1)C(=O)C(O)C(O)C(O)C(O)CO. The van der Waals surface area contributed by atoms with Crippen molar-refractivity contribution in [2.75, 3.05) is 33.4 Å². The summed E-state index contributed by atoms with van der Waals surface area (Å²) in [6.07, 6.45) is 2.93. The average molecular weight is 706 g/mol. The van der Waals surface area contributed by atoms with Crippen molar-refractivity contribution in [2.45, 2.75) is 107 Å². The van der Waals surface area contributed by atoms with Gasteiger partial charge in [0.2, 0.25) is 0 Å². The topological polar surface area (TPSA) is 165 Å². The zero-order chi connectivity index (χ0) is 36.5. The Balaban J connectivity index is 1.22. The van der Waals surface area contributed by atoms with Crippen LogP contribution < -0.4 is 10.1 Å². The highest BCUT2D eigenvalue weighted by molar-refractivity contribution is 5.81. The summed E-state index contributed by atoms with van der Waals surface area (Å²) in [5.41, 5.74) is 6.92. The van der Waals surface area contributed by atoms with Crippen molar-refractivity contribution in [3.8, 4) is 16.9 Å². The van der Waals surface area contributed by atoms with Gasteiger partial charge in [-0.2, -0.15) is 0 Å². The van der Waals surface area contributed by atoms with Gasteiger partial charge >= 0.3 is 0 Å². The lowest BCUT2D eigenvalue weighted by Gasteiger charge is -2.30. The average Bonchev–Trinajstić information content (AvgIpc) is 4.10. The molecule has 51 heavy (non-hydrogen) atoms. The second-order valence-electron chi connectivity index (χ2n) is 14.2. The maximum Gasteiger partial charge on any atom is 0.254 e. The van der Waals surface area contributed by atoms with E-state index in [1.165, 1.54) is 27.2 Å². The predicted molar refractivity (Wildman–Crippen MR) is 194 cm³/mol. The first-order valence-corrected chi connectivity index (χ1v) is 18.2. The third kappa shape index (κ3) is 9.92. The summed E-state index contributed by atoms with van der Waals surface area (Å²) in [5.74, 6) is 0.373. The molecule has 1 heterocycles. The molecule has 1 amide bonds. The molecule has 278 valence electrons. The second-order valence-corrected chi connectivity index (χ2v) is 14.2. The number of pyridine rings is 1. The van der Waals surface area contributed by atoms with E-state index in [1.54, 1.807) is 7.11 Å². The van der Waals surface area contributed by atoms with Crippen molar-refractivity contribution >= 4 is 5.91 Å². The van der Waals surface area contributed by atoms with Crippen molar-refractivity contribution < 1.29 is 39.8 Å². The third-order valence-corrected chi connectivity index (χ3v) is 10.3. The number of para-hydroxylation sites is 1. The Labute approximate surface area is 301 Å². The minimum atomic E-state index is -1.95. The second kappa shape index (κ2) is 17.9. The molecular formula is C40H55N3O8. The number of amides is 1. The molecule has 0 radical (unpaired) electrons. The van der Waals surface area contributed by atoms with Crippen LogP contribution in [0.4, 0.5) is 0 Å². The van der Waals surface area contributed by atoms with Crippen molar-refractivity contribution in [1.29, 1.82) is 0 Å². The standard InChI is InChI=1S/C40H55N3O8/c1-26(8-6-19-43(20-7-21-50-3)39(49)38(48)37(47)36(46)34(45)25-44)28-12-11-27(2)29(22-28)23-42-40(16-17-40)33-24-41-18-15-31(33)32-9-4-5-10-35(32)51-30-13-14-30/h4-5,9-12,15,18,22,24,26,30,34,36-38,42,44-48H,6-8,13-14,16-17,19-21,23,25H2,1-3H3. The van der Waals surface area contributed by atoms with E-state index in [4.69, 9.17) is 14.6 Å². The van der Waals surface area contributed by atoms with Crippen LogP contribution in [0.15, 0.2) is 60.9 Å².